The van der Waals surface area contributed by atoms with Gasteiger partial charge in [0.25, 0.3) is 10.0 Å². The van der Waals surface area contributed by atoms with Gasteiger partial charge in [0.15, 0.2) is 5.13 Å². The number of likely N-dealkylation sites (tertiary alicyclic amines) is 1. The third-order valence-corrected chi connectivity index (χ3v) is 8.69. The van der Waals surface area contributed by atoms with E-state index in [1.165, 1.54) is 31.3 Å². The van der Waals surface area contributed by atoms with E-state index in [0.29, 0.717) is 61.2 Å². The summed E-state index contributed by atoms with van der Waals surface area (Å²) in [7, 11) is -3.76. The number of ketones is 1. The summed E-state index contributed by atoms with van der Waals surface area (Å²) in [4.78, 5) is 41.7. The van der Waals surface area contributed by atoms with Gasteiger partial charge in [-0.15, -0.1) is 0 Å². The molecule has 2 aromatic rings. The van der Waals surface area contributed by atoms with Crippen LogP contribution in [0.1, 0.15) is 42.8 Å². The van der Waals surface area contributed by atoms with Crippen molar-refractivity contribution in [1.82, 2.24) is 14.8 Å². The Bertz CT molecular complexity index is 1200. The lowest BCUT2D eigenvalue weighted by molar-refractivity contribution is -0.132. The highest BCUT2D eigenvalue weighted by molar-refractivity contribution is 7.93. The minimum atomic E-state index is -3.76. The number of amides is 2. The van der Waals surface area contributed by atoms with Crippen molar-refractivity contribution >= 4 is 55.7 Å². The van der Waals surface area contributed by atoms with Crippen LogP contribution in [0.4, 0.5) is 5.13 Å². The average Bonchev–Trinajstić information content (AvgIpc) is 3.16. The fourth-order valence-corrected chi connectivity index (χ4v) is 6.39. The molecule has 1 saturated heterocycles. The van der Waals surface area contributed by atoms with E-state index in [1.54, 1.807) is 28.9 Å². The fourth-order valence-electron chi connectivity index (χ4n) is 3.63. The van der Waals surface area contributed by atoms with Gasteiger partial charge in [0.1, 0.15) is 5.78 Å². The molecule has 1 aromatic carbocycles. The van der Waals surface area contributed by atoms with Crippen molar-refractivity contribution in [3.05, 3.63) is 39.4 Å². The molecule has 4 rings (SSSR count). The number of hydrogen-bond donors (Lipinski definition) is 1. The van der Waals surface area contributed by atoms with Crippen molar-refractivity contribution in [3.63, 3.8) is 0 Å². The standard InChI is InChI=1S/C15H16ClN3O3S2.C7H11NO2/c1-9-11(16)4-3-5-14(9)24(21,22)18-15-17-12-6-7-19(10(2)20)8-13(12)23-15;1-6(9)8-4-2-7(10)3-5-8/h3-5H,6-8H2,1-2H3,(H,17,18);2-5H2,1H3. The predicted octanol–water partition coefficient (Wildman–Crippen LogP) is 3.01. The minimum Gasteiger partial charge on any atom is -0.342 e. The molecule has 1 N–H and O–H groups in total. The number of carbonyl (C=O) groups excluding carboxylic acids is 3. The van der Waals surface area contributed by atoms with E-state index in [2.05, 4.69) is 9.71 Å². The number of nitrogens with zero attached hydrogens (tertiary/aromatic N) is 3. The first-order valence-corrected chi connectivity index (χ1v) is 13.4. The predicted molar refractivity (Wildman–Crippen MR) is 130 cm³/mol. The summed E-state index contributed by atoms with van der Waals surface area (Å²) in [5.41, 5.74) is 1.34. The molecule has 0 bridgehead atoms. The number of fused-ring (bicyclic) bond motifs is 1. The molecule has 0 spiro atoms. The molecule has 12 heteroatoms. The van der Waals surface area contributed by atoms with Crippen LogP contribution in [0.5, 0.6) is 0 Å². The van der Waals surface area contributed by atoms with Crippen molar-refractivity contribution in [2.24, 2.45) is 0 Å². The molecular formula is C22H27ClN4O5S2. The van der Waals surface area contributed by atoms with Gasteiger partial charge in [0, 0.05) is 62.6 Å². The number of anilines is 1. The van der Waals surface area contributed by atoms with Gasteiger partial charge in [0.05, 0.1) is 17.1 Å². The summed E-state index contributed by atoms with van der Waals surface area (Å²) in [6, 6.07) is 4.75. The monoisotopic (exact) mass is 526 g/mol. The molecule has 3 heterocycles. The highest BCUT2D eigenvalue weighted by atomic mass is 35.5. The van der Waals surface area contributed by atoms with E-state index >= 15 is 0 Å². The molecule has 2 aliphatic heterocycles. The van der Waals surface area contributed by atoms with Crippen molar-refractivity contribution in [1.29, 1.82) is 0 Å². The molecule has 0 radical (unpaired) electrons. The van der Waals surface area contributed by atoms with Gasteiger partial charge in [-0.1, -0.05) is 29.0 Å². The fraction of sp³-hybridized carbons (Fsp3) is 0.455. The molecule has 34 heavy (non-hydrogen) atoms. The van der Waals surface area contributed by atoms with Gasteiger partial charge in [-0.3, -0.25) is 19.1 Å². The summed E-state index contributed by atoms with van der Waals surface area (Å²) in [5.74, 6) is 0.357. The van der Waals surface area contributed by atoms with E-state index < -0.39 is 10.0 Å². The Morgan fingerprint density at radius 1 is 1.06 bits per heavy atom. The van der Waals surface area contributed by atoms with Crippen LogP contribution < -0.4 is 4.72 Å². The van der Waals surface area contributed by atoms with Gasteiger partial charge in [-0.2, -0.15) is 0 Å². The van der Waals surface area contributed by atoms with Crippen LogP contribution in [0.15, 0.2) is 23.1 Å². The average molecular weight is 527 g/mol. The maximum Gasteiger partial charge on any atom is 0.263 e. The first-order valence-electron chi connectivity index (χ1n) is 10.8. The number of sulfonamides is 1. The van der Waals surface area contributed by atoms with Crippen molar-refractivity contribution in [3.8, 4) is 0 Å². The Labute approximate surface area is 208 Å². The number of thiazole rings is 1. The maximum atomic E-state index is 12.6. The van der Waals surface area contributed by atoms with Crippen molar-refractivity contribution < 1.29 is 22.8 Å². The zero-order valence-electron chi connectivity index (χ0n) is 19.3. The second-order valence-electron chi connectivity index (χ2n) is 8.09. The Morgan fingerprint density at radius 2 is 1.68 bits per heavy atom. The lowest BCUT2D eigenvalue weighted by Gasteiger charge is -2.24. The van der Waals surface area contributed by atoms with Crippen LogP contribution in [0, 0.1) is 6.92 Å². The molecular weight excluding hydrogens is 500 g/mol. The number of aromatic nitrogens is 1. The minimum absolute atomic E-state index is 0.00531. The number of rotatable bonds is 3. The molecule has 9 nitrogen and oxygen atoms in total. The molecule has 0 unspecified atom stereocenters. The van der Waals surface area contributed by atoms with Crippen molar-refractivity contribution in [2.75, 3.05) is 24.4 Å². The highest BCUT2D eigenvalue weighted by Crippen LogP contribution is 2.31. The molecule has 0 atom stereocenters. The second kappa shape index (κ2) is 10.8. The smallest absolute Gasteiger partial charge is 0.263 e. The maximum absolute atomic E-state index is 12.6. The van der Waals surface area contributed by atoms with Crippen LogP contribution in [-0.2, 0) is 37.4 Å². The molecule has 2 amide bonds. The third-order valence-electron chi connectivity index (χ3n) is 5.67. The Balaban J connectivity index is 0.000000271. The molecule has 0 aliphatic carbocycles. The normalized spacial score (nSPS) is 15.8. The number of Topliss-reactive ketones (excluding diaryl/α,β-unsaturated/α-hetero) is 1. The summed E-state index contributed by atoms with van der Waals surface area (Å²) < 4.78 is 27.7. The molecule has 184 valence electrons. The summed E-state index contributed by atoms with van der Waals surface area (Å²) in [5, 5.41) is 0.707. The van der Waals surface area contributed by atoms with E-state index in [1.807, 2.05) is 0 Å². The van der Waals surface area contributed by atoms with Gasteiger partial charge in [-0.05, 0) is 24.6 Å². The van der Waals surface area contributed by atoms with Crippen LogP contribution in [-0.4, -0.2) is 60.4 Å². The van der Waals surface area contributed by atoms with Gasteiger partial charge < -0.3 is 9.80 Å². The Morgan fingerprint density at radius 3 is 2.29 bits per heavy atom. The Hall–Kier alpha value is -2.50. The molecule has 1 fully saturated rings. The second-order valence-corrected chi connectivity index (χ2v) is 11.2. The largest absolute Gasteiger partial charge is 0.342 e. The number of nitrogens with one attached hydrogen (secondary N) is 1. The topological polar surface area (TPSA) is 117 Å². The van der Waals surface area contributed by atoms with E-state index in [4.69, 9.17) is 11.6 Å². The first kappa shape index (κ1) is 26.1. The highest BCUT2D eigenvalue weighted by Gasteiger charge is 2.25. The molecule has 1 aromatic heterocycles. The van der Waals surface area contributed by atoms with Gasteiger partial charge >= 0.3 is 0 Å². The summed E-state index contributed by atoms with van der Waals surface area (Å²) in [6.45, 7) is 7.04. The van der Waals surface area contributed by atoms with E-state index in [9.17, 15) is 22.8 Å². The van der Waals surface area contributed by atoms with E-state index in [-0.39, 0.29) is 22.5 Å². The zero-order chi connectivity index (χ0) is 25.0. The number of hydrogen-bond acceptors (Lipinski definition) is 7. The third kappa shape index (κ3) is 6.34. The number of benzene rings is 1. The Kier molecular flexibility index (Phi) is 8.32. The number of carbonyl (C=O) groups is 3. The van der Waals surface area contributed by atoms with Crippen molar-refractivity contribution in [2.45, 2.75) is 51.5 Å². The lowest BCUT2D eigenvalue weighted by Crippen LogP contribution is -2.36. The quantitative estimate of drug-likeness (QED) is 0.657. The van der Waals surface area contributed by atoms with Gasteiger partial charge in [-0.25, -0.2) is 13.4 Å². The van der Waals surface area contributed by atoms with Crippen LogP contribution >= 0.6 is 22.9 Å². The zero-order valence-corrected chi connectivity index (χ0v) is 21.6. The molecule has 0 saturated carbocycles. The summed E-state index contributed by atoms with van der Waals surface area (Å²) >= 11 is 7.27. The van der Waals surface area contributed by atoms with Crippen LogP contribution in [0.3, 0.4) is 0 Å². The first-order chi connectivity index (χ1) is 16.0. The van der Waals surface area contributed by atoms with Crippen LogP contribution in [0.25, 0.3) is 0 Å². The molecule has 2 aliphatic rings. The van der Waals surface area contributed by atoms with Crippen LogP contribution in [0.2, 0.25) is 5.02 Å². The summed E-state index contributed by atoms with van der Waals surface area (Å²) in [6.07, 6.45) is 1.71. The SMILES string of the molecule is CC(=O)N1CCC(=O)CC1.CC(=O)N1CCc2nc(NS(=O)(=O)c3cccc(Cl)c3C)sc2C1. The number of piperidine rings is 1. The van der Waals surface area contributed by atoms with Gasteiger partial charge in [0.2, 0.25) is 11.8 Å². The van der Waals surface area contributed by atoms with E-state index in [0.717, 1.165) is 10.6 Å². The number of halogens is 1. The lowest BCUT2D eigenvalue weighted by atomic mass is 10.1.